The SMILES string of the molecule is CN(c1ccc(OCCCCCCN2CCSCC2)cc1)S(=O)(=O)c1ccc(Br)cc1. The van der Waals surface area contributed by atoms with Crippen molar-refractivity contribution in [3.05, 3.63) is 53.0 Å². The molecule has 0 bridgehead atoms. The Bertz CT molecular complexity index is 899. The summed E-state index contributed by atoms with van der Waals surface area (Å²) in [4.78, 5) is 2.83. The van der Waals surface area contributed by atoms with Crippen LogP contribution in [0.1, 0.15) is 25.7 Å². The zero-order chi connectivity index (χ0) is 22.1. The van der Waals surface area contributed by atoms with Crippen molar-refractivity contribution in [3.63, 3.8) is 0 Å². The molecule has 1 saturated heterocycles. The molecule has 2 aromatic rings. The summed E-state index contributed by atoms with van der Waals surface area (Å²) in [5, 5.41) is 0. The van der Waals surface area contributed by atoms with Gasteiger partial charge in [-0.3, -0.25) is 4.31 Å². The summed E-state index contributed by atoms with van der Waals surface area (Å²) in [7, 11) is -2.03. The second-order valence-electron chi connectivity index (χ2n) is 7.64. The molecule has 0 N–H and O–H groups in total. The maximum absolute atomic E-state index is 12.8. The lowest BCUT2D eigenvalue weighted by Gasteiger charge is -2.25. The number of unbranched alkanes of at least 4 members (excludes halogenated alkanes) is 3. The summed E-state index contributed by atoms with van der Waals surface area (Å²) in [5.41, 5.74) is 0.603. The first-order chi connectivity index (χ1) is 15.0. The lowest BCUT2D eigenvalue weighted by molar-refractivity contribution is 0.284. The molecular formula is C23H31BrN2O3S2. The average Bonchev–Trinajstić information content (AvgIpc) is 2.79. The van der Waals surface area contributed by atoms with Crippen LogP contribution in [0.15, 0.2) is 57.9 Å². The molecule has 0 spiro atoms. The van der Waals surface area contributed by atoms with Gasteiger partial charge in [0.2, 0.25) is 0 Å². The number of benzene rings is 2. The molecule has 3 rings (SSSR count). The van der Waals surface area contributed by atoms with Gasteiger partial charge in [-0.05, 0) is 67.9 Å². The molecule has 1 heterocycles. The van der Waals surface area contributed by atoms with E-state index in [-0.39, 0.29) is 4.90 Å². The third-order valence-corrected chi connectivity index (χ3v) is 8.68. The molecule has 0 unspecified atom stereocenters. The van der Waals surface area contributed by atoms with Crippen molar-refractivity contribution in [2.75, 3.05) is 49.1 Å². The fourth-order valence-corrected chi connectivity index (χ4v) is 5.90. The molecule has 0 radical (unpaired) electrons. The van der Waals surface area contributed by atoms with Crippen molar-refractivity contribution in [2.45, 2.75) is 30.6 Å². The smallest absolute Gasteiger partial charge is 0.264 e. The zero-order valence-electron chi connectivity index (χ0n) is 18.0. The quantitative estimate of drug-likeness (QED) is 0.373. The second-order valence-corrected chi connectivity index (χ2v) is 11.7. The largest absolute Gasteiger partial charge is 0.494 e. The Morgan fingerprint density at radius 3 is 2.29 bits per heavy atom. The minimum atomic E-state index is -3.59. The van der Waals surface area contributed by atoms with Crippen LogP contribution in [0.4, 0.5) is 5.69 Å². The van der Waals surface area contributed by atoms with Gasteiger partial charge < -0.3 is 9.64 Å². The number of anilines is 1. The van der Waals surface area contributed by atoms with Gasteiger partial charge in [-0.25, -0.2) is 8.42 Å². The van der Waals surface area contributed by atoms with Crippen LogP contribution in [0, 0.1) is 0 Å². The van der Waals surface area contributed by atoms with Crippen molar-refractivity contribution in [1.82, 2.24) is 4.90 Å². The van der Waals surface area contributed by atoms with E-state index >= 15 is 0 Å². The number of thioether (sulfide) groups is 1. The van der Waals surface area contributed by atoms with E-state index in [0.717, 1.165) is 16.6 Å². The topological polar surface area (TPSA) is 49.9 Å². The molecule has 1 fully saturated rings. The highest BCUT2D eigenvalue weighted by Gasteiger charge is 2.21. The van der Waals surface area contributed by atoms with Crippen LogP contribution in [0.2, 0.25) is 0 Å². The number of ether oxygens (including phenoxy) is 1. The third-order valence-electron chi connectivity index (χ3n) is 5.41. The standard InChI is InChI=1S/C23H31BrN2O3S2/c1-25(31(27,28)23-12-6-20(24)7-13-23)21-8-10-22(11-9-21)29-17-5-3-2-4-14-26-15-18-30-19-16-26/h6-13H,2-5,14-19H2,1H3. The molecule has 170 valence electrons. The van der Waals surface area contributed by atoms with Crippen molar-refractivity contribution in [2.24, 2.45) is 0 Å². The van der Waals surface area contributed by atoms with E-state index in [1.165, 1.54) is 54.7 Å². The summed E-state index contributed by atoms with van der Waals surface area (Å²) < 4.78 is 33.6. The monoisotopic (exact) mass is 526 g/mol. The first kappa shape index (κ1) is 24.4. The fourth-order valence-electron chi connectivity index (χ4n) is 3.46. The van der Waals surface area contributed by atoms with Crippen LogP contribution >= 0.6 is 27.7 Å². The van der Waals surface area contributed by atoms with E-state index in [1.807, 2.05) is 12.1 Å². The van der Waals surface area contributed by atoms with Crippen LogP contribution in [-0.2, 0) is 10.0 Å². The number of rotatable bonds is 11. The molecule has 0 aliphatic carbocycles. The summed E-state index contributed by atoms with van der Waals surface area (Å²) in [6.45, 7) is 4.39. The third kappa shape index (κ3) is 7.41. The number of hydrogen-bond acceptors (Lipinski definition) is 5. The lowest BCUT2D eigenvalue weighted by Crippen LogP contribution is -2.33. The van der Waals surface area contributed by atoms with Gasteiger partial charge in [0.05, 0.1) is 17.2 Å². The van der Waals surface area contributed by atoms with Gasteiger partial charge in [-0.2, -0.15) is 11.8 Å². The molecular weight excluding hydrogens is 496 g/mol. The van der Waals surface area contributed by atoms with Gasteiger partial charge in [-0.15, -0.1) is 0 Å². The number of nitrogens with zero attached hydrogens (tertiary/aromatic N) is 2. The molecule has 5 nitrogen and oxygen atoms in total. The molecule has 0 atom stereocenters. The maximum Gasteiger partial charge on any atom is 0.264 e. The Balaban J connectivity index is 1.39. The van der Waals surface area contributed by atoms with Gasteiger partial charge in [0.25, 0.3) is 10.0 Å². The van der Waals surface area contributed by atoms with Crippen molar-refractivity contribution in [3.8, 4) is 5.75 Å². The lowest BCUT2D eigenvalue weighted by atomic mass is 10.2. The Labute approximate surface area is 199 Å². The van der Waals surface area contributed by atoms with Gasteiger partial charge in [0, 0.05) is 36.1 Å². The molecule has 31 heavy (non-hydrogen) atoms. The second kappa shape index (κ2) is 12.1. The van der Waals surface area contributed by atoms with Gasteiger partial charge in [0.1, 0.15) is 5.75 Å². The first-order valence-corrected chi connectivity index (χ1v) is 14.1. The minimum Gasteiger partial charge on any atom is -0.494 e. The predicted molar refractivity (Wildman–Crippen MR) is 134 cm³/mol. The minimum absolute atomic E-state index is 0.262. The molecule has 0 amide bonds. The Morgan fingerprint density at radius 2 is 1.61 bits per heavy atom. The summed E-state index contributed by atoms with van der Waals surface area (Å²) in [6, 6.07) is 13.9. The van der Waals surface area contributed by atoms with Crippen LogP contribution in [-0.4, -0.2) is 58.1 Å². The highest BCUT2D eigenvalue weighted by Crippen LogP contribution is 2.25. The molecule has 0 saturated carbocycles. The predicted octanol–water partition coefficient (Wildman–Crippen LogP) is 5.26. The van der Waals surface area contributed by atoms with Crippen LogP contribution in [0.5, 0.6) is 5.75 Å². The molecule has 1 aliphatic rings. The highest BCUT2D eigenvalue weighted by molar-refractivity contribution is 9.10. The molecule has 2 aromatic carbocycles. The van der Waals surface area contributed by atoms with E-state index < -0.39 is 10.0 Å². The van der Waals surface area contributed by atoms with E-state index in [4.69, 9.17) is 4.74 Å². The van der Waals surface area contributed by atoms with E-state index in [0.29, 0.717) is 12.3 Å². The van der Waals surface area contributed by atoms with E-state index in [2.05, 4.69) is 32.6 Å². The van der Waals surface area contributed by atoms with Crippen molar-refractivity contribution >= 4 is 43.4 Å². The Kier molecular flexibility index (Phi) is 9.56. The van der Waals surface area contributed by atoms with Gasteiger partial charge in [-0.1, -0.05) is 28.8 Å². The summed E-state index contributed by atoms with van der Waals surface area (Å²) in [6.07, 6.45) is 4.72. The number of halogens is 1. The average molecular weight is 528 g/mol. The summed E-state index contributed by atoms with van der Waals surface area (Å²) >= 11 is 5.39. The molecule has 1 aliphatic heterocycles. The first-order valence-electron chi connectivity index (χ1n) is 10.7. The van der Waals surface area contributed by atoms with Crippen LogP contribution in [0.25, 0.3) is 0 Å². The Morgan fingerprint density at radius 1 is 0.968 bits per heavy atom. The van der Waals surface area contributed by atoms with Gasteiger partial charge in [0.15, 0.2) is 0 Å². The fraction of sp³-hybridized carbons (Fsp3) is 0.478. The highest BCUT2D eigenvalue weighted by atomic mass is 79.9. The normalized spacial score (nSPS) is 15.0. The van der Waals surface area contributed by atoms with E-state index in [1.54, 1.807) is 43.4 Å². The van der Waals surface area contributed by atoms with Crippen LogP contribution in [0.3, 0.4) is 0 Å². The van der Waals surface area contributed by atoms with Crippen LogP contribution < -0.4 is 9.04 Å². The van der Waals surface area contributed by atoms with Crippen molar-refractivity contribution < 1.29 is 13.2 Å². The van der Waals surface area contributed by atoms with E-state index in [9.17, 15) is 8.42 Å². The molecule has 0 aromatic heterocycles. The van der Waals surface area contributed by atoms with Crippen molar-refractivity contribution in [1.29, 1.82) is 0 Å². The molecule has 8 heteroatoms. The number of sulfonamides is 1. The van der Waals surface area contributed by atoms with Gasteiger partial charge >= 0.3 is 0 Å². The number of hydrogen-bond donors (Lipinski definition) is 0. The maximum atomic E-state index is 12.8. The summed E-state index contributed by atoms with van der Waals surface area (Å²) in [5.74, 6) is 3.32. The zero-order valence-corrected chi connectivity index (χ0v) is 21.2. The Hall–Kier alpha value is -1.22.